The van der Waals surface area contributed by atoms with Gasteiger partial charge in [-0.1, -0.05) is 61.5 Å². The number of hydrogen-bond acceptors (Lipinski definition) is 2. The number of carbonyl (C=O) groups is 2. The second-order valence-electron chi connectivity index (χ2n) is 8.07. The van der Waals surface area contributed by atoms with Crippen LogP contribution in [0, 0.1) is 5.41 Å². The maximum Gasteiger partial charge on any atom is 0.228 e. The summed E-state index contributed by atoms with van der Waals surface area (Å²) in [5, 5.41) is 3.08. The van der Waals surface area contributed by atoms with Crippen molar-refractivity contribution in [2.75, 3.05) is 13.1 Å². The van der Waals surface area contributed by atoms with Crippen LogP contribution in [0.15, 0.2) is 54.6 Å². The van der Waals surface area contributed by atoms with Crippen LogP contribution >= 0.6 is 0 Å². The molecule has 0 aromatic heterocycles. The van der Waals surface area contributed by atoms with E-state index >= 15 is 0 Å². The van der Waals surface area contributed by atoms with Crippen LogP contribution in [0.5, 0.6) is 0 Å². The van der Waals surface area contributed by atoms with Gasteiger partial charge in [0.2, 0.25) is 11.8 Å². The zero-order valence-corrected chi connectivity index (χ0v) is 17.1. The van der Waals surface area contributed by atoms with Gasteiger partial charge in [0.1, 0.15) is 0 Å². The molecule has 2 aromatic carbocycles. The number of hydrogen-bond donors (Lipinski definition) is 1. The smallest absolute Gasteiger partial charge is 0.228 e. The first-order valence-electron chi connectivity index (χ1n) is 10.2. The van der Waals surface area contributed by atoms with Gasteiger partial charge in [0.25, 0.3) is 0 Å². The number of nitrogens with one attached hydrogen (secondary N) is 1. The van der Waals surface area contributed by atoms with Crippen LogP contribution in [-0.4, -0.2) is 35.8 Å². The minimum absolute atomic E-state index is 0.0565. The second kappa shape index (κ2) is 8.59. The lowest BCUT2D eigenvalue weighted by Gasteiger charge is -2.29. The highest BCUT2D eigenvalue weighted by Gasteiger charge is 2.45. The minimum Gasteiger partial charge on any atom is -0.353 e. The van der Waals surface area contributed by atoms with Gasteiger partial charge in [-0.05, 0) is 43.4 Å². The maximum atomic E-state index is 13.1. The van der Waals surface area contributed by atoms with Gasteiger partial charge in [0.05, 0.1) is 5.41 Å². The molecule has 148 valence electrons. The molecule has 1 unspecified atom stereocenters. The van der Waals surface area contributed by atoms with Crippen molar-refractivity contribution in [3.05, 3.63) is 60.2 Å². The molecular formula is C24H30N2O2. The third-order valence-electron chi connectivity index (χ3n) is 5.51. The highest BCUT2D eigenvalue weighted by atomic mass is 16.2. The molecule has 1 atom stereocenters. The summed E-state index contributed by atoms with van der Waals surface area (Å²) in [5.41, 5.74) is 2.93. The van der Waals surface area contributed by atoms with Crippen molar-refractivity contribution in [2.45, 2.75) is 46.1 Å². The lowest BCUT2D eigenvalue weighted by atomic mass is 9.79. The monoisotopic (exact) mass is 378 g/mol. The molecule has 1 aliphatic rings. The Labute approximate surface area is 167 Å². The first-order valence-corrected chi connectivity index (χ1v) is 10.2. The Morgan fingerprint density at radius 2 is 1.68 bits per heavy atom. The van der Waals surface area contributed by atoms with Gasteiger partial charge in [-0.25, -0.2) is 0 Å². The quantitative estimate of drug-likeness (QED) is 0.824. The van der Waals surface area contributed by atoms with Crippen LogP contribution in [0.3, 0.4) is 0 Å². The molecule has 0 saturated carbocycles. The summed E-state index contributed by atoms with van der Waals surface area (Å²) in [4.78, 5) is 27.1. The Morgan fingerprint density at radius 1 is 1.04 bits per heavy atom. The maximum absolute atomic E-state index is 13.1. The fourth-order valence-electron chi connectivity index (χ4n) is 3.97. The van der Waals surface area contributed by atoms with Gasteiger partial charge in [-0.15, -0.1) is 0 Å². The molecule has 0 bridgehead atoms. The van der Waals surface area contributed by atoms with E-state index in [1.54, 1.807) is 0 Å². The van der Waals surface area contributed by atoms with Gasteiger partial charge >= 0.3 is 0 Å². The molecule has 1 fully saturated rings. The molecule has 0 radical (unpaired) electrons. The molecule has 1 N–H and O–H groups in total. The zero-order valence-electron chi connectivity index (χ0n) is 17.1. The van der Waals surface area contributed by atoms with Crippen LogP contribution in [0.25, 0.3) is 11.1 Å². The van der Waals surface area contributed by atoms with E-state index in [2.05, 4.69) is 41.7 Å². The molecule has 28 heavy (non-hydrogen) atoms. The largest absolute Gasteiger partial charge is 0.353 e. The summed E-state index contributed by atoms with van der Waals surface area (Å²) >= 11 is 0. The summed E-state index contributed by atoms with van der Waals surface area (Å²) in [6.07, 6.45) is 1.83. The van der Waals surface area contributed by atoms with Crippen LogP contribution in [0.4, 0.5) is 0 Å². The van der Waals surface area contributed by atoms with Gasteiger partial charge in [0, 0.05) is 25.6 Å². The van der Waals surface area contributed by atoms with Crippen molar-refractivity contribution < 1.29 is 9.59 Å². The Bertz CT molecular complexity index is 814. The van der Waals surface area contributed by atoms with Crippen LogP contribution in [-0.2, 0) is 16.0 Å². The Kier molecular flexibility index (Phi) is 6.18. The molecular weight excluding hydrogens is 348 g/mol. The molecule has 4 nitrogen and oxygen atoms in total. The summed E-state index contributed by atoms with van der Waals surface area (Å²) in [6, 6.07) is 18.8. The predicted molar refractivity (Wildman–Crippen MR) is 113 cm³/mol. The molecule has 3 rings (SSSR count). The van der Waals surface area contributed by atoms with E-state index in [1.165, 1.54) is 11.1 Å². The molecule has 1 heterocycles. The van der Waals surface area contributed by atoms with Crippen molar-refractivity contribution in [3.63, 3.8) is 0 Å². The highest BCUT2D eigenvalue weighted by molar-refractivity contribution is 5.86. The Morgan fingerprint density at radius 3 is 2.29 bits per heavy atom. The van der Waals surface area contributed by atoms with Gasteiger partial charge in [0.15, 0.2) is 0 Å². The van der Waals surface area contributed by atoms with E-state index in [0.717, 1.165) is 5.56 Å². The number of carbonyl (C=O) groups excluding carboxylic acids is 2. The third kappa shape index (κ3) is 4.44. The van der Waals surface area contributed by atoms with Crippen LogP contribution in [0.1, 0.15) is 39.2 Å². The minimum atomic E-state index is -0.552. The van der Waals surface area contributed by atoms with Gasteiger partial charge in [-0.3, -0.25) is 9.59 Å². The van der Waals surface area contributed by atoms with Gasteiger partial charge < -0.3 is 10.2 Å². The van der Waals surface area contributed by atoms with Crippen molar-refractivity contribution in [2.24, 2.45) is 5.41 Å². The number of benzene rings is 2. The number of rotatable bonds is 6. The second-order valence-corrected chi connectivity index (χ2v) is 8.07. The van der Waals surface area contributed by atoms with E-state index in [9.17, 15) is 9.59 Å². The molecule has 0 spiro atoms. The molecule has 4 heteroatoms. The topological polar surface area (TPSA) is 49.4 Å². The number of likely N-dealkylation sites (tertiary alicyclic amines) is 1. The standard InChI is InChI=1S/C24H30N2O2/c1-4-22(27)26-15-14-24(17-26,23(28)25-18(2)3)16-19-10-12-21(13-11-19)20-8-6-5-7-9-20/h5-13,18H,4,14-17H2,1-3H3,(H,25,28). The zero-order chi connectivity index (χ0) is 20.1. The normalized spacial score (nSPS) is 19.1. The fourth-order valence-corrected chi connectivity index (χ4v) is 3.97. The molecule has 0 aliphatic carbocycles. The van der Waals surface area contributed by atoms with Crippen molar-refractivity contribution >= 4 is 11.8 Å². The van der Waals surface area contributed by atoms with Crippen molar-refractivity contribution in [1.82, 2.24) is 10.2 Å². The number of nitrogens with zero attached hydrogens (tertiary/aromatic N) is 1. The molecule has 1 saturated heterocycles. The fraction of sp³-hybridized carbons (Fsp3) is 0.417. The van der Waals surface area contributed by atoms with E-state index in [-0.39, 0.29) is 17.9 Å². The lowest BCUT2D eigenvalue weighted by molar-refractivity contribution is -0.133. The Hall–Kier alpha value is -2.62. The highest BCUT2D eigenvalue weighted by Crippen LogP contribution is 2.35. The van der Waals surface area contributed by atoms with Crippen molar-refractivity contribution in [1.29, 1.82) is 0 Å². The van der Waals surface area contributed by atoms with Crippen molar-refractivity contribution in [3.8, 4) is 11.1 Å². The van der Waals surface area contributed by atoms with E-state index < -0.39 is 5.41 Å². The lowest BCUT2D eigenvalue weighted by Crippen LogP contribution is -2.47. The molecule has 1 aliphatic heterocycles. The SMILES string of the molecule is CCC(=O)N1CCC(Cc2ccc(-c3ccccc3)cc2)(C(=O)NC(C)C)C1. The summed E-state index contributed by atoms with van der Waals surface area (Å²) in [7, 11) is 0. The summed E-state index contributed by atoms with van der Waals surface area (Å²) in [5.74, 6) is 0.180. The summed E-state index contributed by atoms with van der Waals surface area (Å²) in [6.45, 7) is 6.98. The van der Waals surface area contributed by atoms with E-state index in [1.807, 2.05) is 43.9 Å². The molecule has 2 amide bonds. The Balaban J connectivity index is 1.82. The average Bonchev–Trinajstić information content (AvgIpc) is 3.13. The van der Waals surface area contributed by atoms with Crippen LogP contribution in [0.2, 0.25) is 0 Å². The number of amides is 2. The third-order valence-corrected chi connectivity index (χ3v) is 5.51. The van der Waals surface area contributed by atoms with Crippen LogP contribution < -0.4 is 5.32 Å². The first kappa shape index (κ1) is 20.1. The summed E-state index contributed by atoms with van der Waals surface area (Å²) < 4.78 is 0. The predicted octanol–water partition coefficient (Wildman–Crippen LogP) is 4.05. The van der Waals surface area contributed by atoms with E-state index in [4.69, 9.17) is 0 Å². The van der Waals surface area contributed by atoms with E-state index in [0.29, 0.717) is 32.4 Å². The van der Waals surface area contributed by atoms with Gasteiger partial charge in [-0.2, -0.15) is 0 Å². The molecule has 2 aromatic rings. The average molecular weight is 379 g/mol. The first-order chi connectivity index (χ1) is 13.4.